The summed E-state index contributed by atoms with van der Waals surface area (Å²) >= 11 is 1.52. The molecule has 150 valence electrons. The number of aromatic nitrogens is 3. The average molecular weight is 410 g/mol. The Morgan fingerprint density at radius 2 is 1.97 bits per heavy atom. The van der Waals surface area contributed by atoms with Crippen molar-refractivity contribution in [3.63, 3.8) is 0 Å². The number of ether oxygens (including phenoxy) is 3. The number of hydrogen-bond acceptors (Lipinski definition) is 8. The van der Waals surface area contributed by atoms with Gasteiger partial charge < -0.3 is 19.5 Å². The van der Waals surface area contributed by atoms with Crippen LogP contribution < -0.4 is 19.5 Å². The smallest absolute Gasteiger partial charge is 0.247 e. The summed E-state index contributed by atoms with van der Waals surface area (Å²) in [5.74, 6) is 2.57. The van der Waals surface area contributed by atoms with Gasteiger partial charge in [-0.25, -0.2) is 0 Å². The second-order valence-electron chi connectivity index (χ2n) is 6.18. The van der Waals surface area contributed by atoms with Crippen molar-refractivity contribution in [2.24, 2.45) is 0 Å². The van der Waals surface area contributed by atoms with Gasteiger partial charge in [0.1, 0.15) is 0 Å². The molecule has 0 amide bonds. The number of nitrogens with one attached hydrogen (secondary N) is 1. The fraction of sp³-hybridized carbons (Fsp3) is 0.286. The van der Waals surface area contributed by atoms with Gasteiger partial charge in [0.25, 0.3) is 0 Å². The lowest BCUT2D eigenvalue weighted by atomic mass is 10.1. The molecule has 8 heteroatoms. The van der Waals surface area contributed by atoms with Gasteiger partial charge in [0.05, 0.1) is 19.3 Å². The molecule has 29 heavy (non-hydrogen) atoms. The van der Waals surface area contributed by atoms with E-state index < -0.39 is 6.23 Å². The fourth-order valence-electron chi connectivity index (χ4n) is 3.21. The molecule has 1 atom stereocenters. The van der Waals surface area contributed by atoms with E-state index in [2.05, 4.69) is 20.5 Å². The number of thioether (sulfide) groups is 1. The molecule has 7 nitrogen and oxygen atoms in total. The number of hydrogen-bond donors (Lipinski definition) is 1. The molecule has 1 N–H and O–H groups in total. The lowest BCUT2D eigenvalue weighted by Gasteiger charge is -2.22. The maximum Gasteiger partial charge on any atom is 0.247 e. The van der Waals surface area contributed by atoms with Crippen LogP contribution >= 0.6 is 11.8 Å². The molecule has 0 aliphatic carbocycles. The zero-order valence-electron chi connectivity index (χ0n) is 16.5. The summed E-state index contributed by atoms with van der Waals surface area (Å²) in [5, 5.41) is 12.7. The highest BCUT2D eigenvalue weighted by atomic mass is 32.2. The molecule has 2 heterocycles. The summed E-state index contributed by atoms with van der Waals surface area (Å²) in [5.41, 5.74) is 3.19. The van der Waals surface area contributed by atoms with Crippen LogP contribution in [0.25, 0.3) is 11.3 Å². The van der Waals surface area contributed by atoms with E-state index in [9.17, 15) is 0 Å². The van der Waals surface area contributed by atoms with E-state index in [0.717, 1.165) is 22.6 Å². The first kappa shape index (κ1) is 19.3. The van der Waals surface area contributed by atoms with Gasteiger partial charge in [-0.3, -0.25) is 0 Å². The third-order valence-corrected chi connectivity index (χ3v) is 5.12. The lowest BCUT2D eigenvalue weighted by molar-refractivity contribution is 0.217. The van der Waals surface area contributed by atoms with Crippen molar-refractivity contribution in [1.82, 2.24) is 15.2 Å². The van der Waals surface area contributed by atoms with Crippen LogP contribution in [-0.4, -0.2) is 34.7 Å². The second-order valence-corrected chi connectivity index (χ2v) is 7.41. The molecule has 0 radical (unpaired) electrons. The van der Waals surface area contributed by atoms with Gasteiger partial charge >= 0.3 is 0 Å². The molecule has 0 saturated carbocycles. The molecule has 1 aliphatic rings. The number of fused-ring (bicyclic) bond motifs is 3. The summed E-state index contributed by atoms with van der Waals surface area (Å²) in [6.45, 7) is 4.53. The minimum Gasteiger partial charge on any atom is -0.492 e. The van der Waals surface area contributed by atoms with Gasteiger partial charge in [0.2, 0.25) is 17.3 Å². The van der Waals surface area contributed by atoms with Crippen molar-refractivity contribution in [3.05, 3.63) is 48.0 Å². The molecule has 0 saturated heterocycles. The van der Waals surface area contributed by atoms with Crippen molar-refractivity contribution >= 4 is 17.4 Å². The number of nitrogens with zero attached hydrogens (tertiary/aromatic N) is 3. The number of benzene rings is 2. The molecular weight excluding hydrogens is 388 g/mol. The molecule has 0 unspecified atom stereocenters. The largest absolute Gasteiger partial charge is 0.492 e. The van der Waals surface area contributed by atoms with Crippen molar-refractivity contribution in [3.8, 4) is 28.6 Å². The molecule has 3 aromatic rings. The molecule has 1 aromatic heterocycles. The van der Waals surface area contributed by atoms with Crippen LogP contribution in [0, 0.1) is 0 Å². The summed E-state index contributed by atoms with van der Waals surface area (Å²) < 4.78 is 17.7. The van der Waals surface area contributed by atoms with Gasteiger partial charge in [-0.05, 0) is 30.9 Å². The number of para-hydroxylation sites is 2. The molecule has 4 rings (SSSR count). The topological polar surface area (TPSA) is 78.4 Å². The second kappa shape index (κ2) is 8.57. The molecule has 0 spiro atoms. The van der Waals surface area contributed by atoms with Crippen LogP contribution in [0.3, 0.4) is 0 Å². The average Bonchev–Trinajstić information content (AvgIpc) is 2.90. The number of anilines is 1. The Hall–Kier alpha value is -3.00. The first-order valence-electron chi connectivity index (χ1n) is 9.45. The van der Waals surface area contributed by atoms with Gasteiger partial charge in [-0.2, -0.15) is 4.98 Å². The van der Waals surface area contributed by atoms with Crippen LogP contribution in [0.2, 0.25) is 0 Å². The van der Waals surface area contributed by atoms with Gasteiger partial charge in [0, 0.05) is 11.3 Å². The van der Waals surface area contributed by atoms with E-state index >= 15 is 0 Å². The highest BCUT2D eigenvalue weighted by Crippen LogP contribution is 2.43. The van der Waals surface area contributed by atoms with Crippen LogP contribution in [-0.2, 0) is 0 Å². The van der Waals surface area contributed by atoms with E-state index in [0.29, 0.717) is 34.8 Å². The standard InChI is InChI=1S/C21H22N4O3S/c1-4-27-16-12-8-10-14(18(16)26-3)19-22-15-11-7-6-9-13(15)17-20(28-19)23-21(25-24-17)29-5-2/h6-12,19,22H,4-5H2,1-3H3/t19-/m1/s1. The third-order valence-electron chi connectivity index (χ3n) is 4.40. The zero-order chi connectivity index (χ0) is 20.2. The summed E-state index contributed by atoms with van der Waals surface area (Å²) in [6, 6.07) is 13.6. The highest BCUT2D eigenvalue weighted by Gasteiger charge is 2.28. The SMILES string of the molecule is CCOc1cccc([C@@H]2Nc3ccccc3-c3nnc(SCC)nc3O2)c1OC. The maximum atomic E-state index is 6.31. The molecular formula is C21H22N4O3S. The number of rotatable bonds is 6. The monoisotopic (exact) mass is 410 g/mol. The molecule has 2 aromatic carbocycles. The third kappa shape index (κ3) is 3.80. The molecule has 1 aliphatic heterocycles. The Kier molecular flexibility index (Phi) is 5.71. The van der Waals surface area contributed by atoms with Gasteiger partial charge in [0.15, 0.2) is 17.2 Å². The first-order valence-corrected chi connectivity index (χ1v) is 10.4. The summed E-state index contributed by atoms with van der Waals surface area (Å²) in [4.78, 5) is 4.61. The normalized spacial score (nSPS) is 14.7. The van der Waals surface area contributed by atoms with E-state index in [1.54, 1.807) is 7.11 Å². The summed E-state index contributed by atoms with van der Waals surface area (Å²) in [7, 11) is 1.62. The van der Waals surface area contributed by atoms with E-state index in [1.807, 2.05) is 56.3 Å². The predicted molar refractivity (Wildman–Crippen MR) is 113 cm³/mol. The fourth-order valence-corrected chi connectivity index (χ4v) is 3.71. The van der Waals surface area contributed by atoms with E-state index in [4.69, 9.17) is 14.2 Å². The Morgan fingerprint density at radius 3 is 2.76 bits per heavy atom. The van der Waals surface area contributed by atoms with Crippen LogP contribution in [0.1, 0.15) is 25.6 Å². The Labute approximate surface area is 173 Å². The molecule has 0 bridgehead atoms. The first-order chi connectivity index (χ1) is 14.2. The van der Waals surface area contributed by atoms with Crippen molar-refractivity contribution in [2.45, 2.75) is 25.2 Å². The van der Waals surface area contributed by atoms with Crippen molar-refractivity contribution in [1.29, 1.82) is 0 Å². The minimum absolute atomic E-state index is 0.433. The van der Waals surface area contributed by atoms with E-state index in [1.165, 1.54) is 11.8 Å². The number of methoxy groups -OCH3 is 1. The Morgan fingerprint density at radius 1 is 1.10 bits per heavy atom. The predicted octanol–water partition coefficient (Wildman–Crippen LogP) is 4.56. The molecule has 0 fully saturated rings. The maximum absolute atomic E-state index is 6.31. The lowest BCUT2D eigenvalue weighted by Crippen LogP contribution is -2.18. The van der Waals surface area contributed by atoms with E-state index in [-0.39, 0.29) is 0 Å². The van der Waals surface area contributed by atoms with Gasteiger partial charge in [-0.1, -0.05) is 43.0 Å². The minimum atomic E-state index is -0.538. The van der Waals surface area contributed by atoms with Gasteiger partial charge in [-0.15, -0.1) is 10.2 Å². The van der Waals surface area contributed by atoms with Crippen molar-refractivity contribution < 1.29 is 14.2 Å². The van der Waals surface area contributed by atoms with Crippen LogP contribution in [0.5, 0.6) is 17.4 Å². The van der Waals surface area contributed by atoms with Crippen LogP contribution in [0.15, 0.2) is 47.6 Å². The van der Waals surface area contributed by atoms with Crippen molar-refractivity contribution in [2.75, 3.05) is 24.8 Å². The van der Waals surface area contributed by atoms with Crippen LogP contribution in [0.4, 0.5) is 5.69 Å². The summed E-state index contributed by atoms with van der Waals surface area (Å²) in [6.07, 6.45) is -0.538. The quantitative estimate of drug-likeness (QED) is 0.593. The Balaban J connectivity index is 1.84. The Bertz CT molecular complexity index is 1010. The highest BCUT2D eigenvalue weighted by molar-refractivity contribution is 7.99. The zero-order valence-corrected chi connectivity index (χ0v) is 17.3.